The van der Waals surface area contributed by atoms with Crippen molar-refractivity contribution in [2.45, 2.75) is 6.61 Å². The number of carbonyl (C=O) groups is 1. The second kappa shape index (κ2) is 8.96. The van der Waals surface area contributed by atoms with Crippen molar-refractivity contribution < 1.29 is 13.9 Å². The van der Waals surface area contributed by atoms with E-state index in [0.29, 0.717) is 17.2 Å². The number of hydrogen-bond donors (Lipinski definition) is 1. The third-order valence-corrected chi connectivity index (χ3v) is 3.94. The van der Waals surface area contributed by atoms with Crippen molar-refractivity contribution in [2.24, 2.45) is 5.10 Å². The van der Waals surface area contributed by atoms with Crippen molar-refractivity contribution in [3.63, 3.8) is 0 Å². The van der Waals surface area contributed by atoms with Gasteiger partial charge in [0.2, 0.25) is 0 Å². The summed E-state index contributed by atoms with van der Waals surface area (Å²) in [5, 5.41) is 4.59. The van der Waals surface area contributed by atoms with Crippen LogP contribution in [-0.4, -0.2) is 12.1 Å². The highest BCUT2D eigenvalue weighted by atomic mass is 35.5. The van der Waals surface area contributed by atoms with E-state index >= 15 is 0 Å². The molecule has 3 rings (SSSR count). The number of hydrazone groups is 1. The van der Waals surface area contributed by atoms with E-state index in [1.54, 1.807) is 0 Å². The van der Waals surface area contributed by atoms with Crippen LogP contribution >= 0.6 is 11.6 Å². The number of hydrogen-bond acceptors (Lipinski definition) is 3. The summed E-state index contributed by atoms with van der Waals surface area (Å²) in [6, 6.07) is 20.0. The maximum Gasteiger partial charge on any atom is 0.271 e. The molecule has 0 bridgehead atoms. The zero-order valence-corrected chi connectivity index (χ0v) is 15.0. The van der Waals surface area contributed by atoms with Crippen LogP contribution in [-0.2, 0) is 6.61 Å². The molecule has 0 aliphatic heterocycles. The van der Waals surface area contributed by atoms with Gasteiger partial charge in [-0.3, -0.25) is 4.79 Å². The largest absolute Gasteiger partial charge is 0.489 e. The molecule has 0 fully saturated rings. The third-order valence-electron chi connectivity index (χ3n) is 3.68. The van der Waals surface area contributed by atoms with Crippen LogP contribution in [0.4, 0.5) is 4.39 Å². The Morgan fingerprint density at radius 3 is 2.33 bits per heavy atom. The molecule has 0 heterocycles. The van der Waals surface area contributed by atoms with Gasteiger partial charge in [-0.05, 0) is 71.8 Å². The van der Waals surface area contributed by atoms with Gasteiger partial charge in [-0.25, -0.2) is 9.82 Å². The second-order valence-electron chi connectivity index (χ2n) is 5.69. The van der Waals surface area contributed by atoms with E-state index in [1.807, 2.05) is 48.5 Å². The molecule has 6 heteroatoms. The summed E-state index contributed by atoms with van der Waals surface area (Å²) in [7, 11) is 0. The lowest BCUT2D eigenvalue weighted by Gasteiger charge is -2.06. The van der Waals surface area contributed by atoms with E-state index in [-0.39, 0.29) is 0 Å². The highest BCUT2D eigenvalue weighted by Crippen LogP contribution is 2.15. The molecule has 3 aromatic carbocycles. The van der Waals surface area contributed by atoms with Gasteiger partial charge < -0.3 is 4.74 Å². The Morgan fingerprint density at radius 2 is 1.67 bits per heavy atom. The van der Waals surface area contributed by atoms with Gasteiger partial charge in [0.1, 0.15) is 18.2 Å². The standard InChI is InChI=1S/C21H16ClFN2O2/c22-18-7-1-16(2-8-18)14-27-20-11-3-15(4-12-20)13-24-25-21(26)17-5-9-19(23)10-6-17/h1-13H,14H2,(H,25,26). The Morgan fingerprint density at radius 1 is 1.00 bits per heavy atom. The Balaban J connectivity index is 1.50. The van der Waals surface area contributed by atoms with Crippen LogP contribution < -0.4 is 10.2 Å². The molecule has 3 aromatic rings. The summed E-state index contributed by atoms with van der Waals surface area (Å²) in [6.07, 6.45) is 1.52. The lowest BCUT2D eigenvalue weighted by atomic mass is 10.2. The Bertz CT molecular complexity index is 924. The van der Waals surface area contributed by atoms with E-state index < -0.39 is 11.7 Å². The zero-order valence-electron chi connectivity index (χ0n) is 14.2. The van der Waals surface area contributed by atoms with Crippen LogP contribution in [0.2, 0.25) is 5.02 Å². The van der Waals surface area contributed by atoms with Crippen LogP contribution in [0.3, 0.4) is 0 Å². The summed E-state index contributed by atoms with van der Waals surface area (Å²) in [5.41, 5.74) is 4.55. The van der Waals surface area contributed by atoms with Crippen molar-refractivity contribution in [1.82, 2.24) is 5.43 Å². The SMILES string of the molecule is O=C(NN=Cc1ccc(OCc2ccc(Cl)cc2)cc1)c1ccc(F)cc1. The first-order chi connectivity index (χ1) is 13.1. The van der Waals surface area contributed by atoms with Gasteiger partial charge in [-0.2, -0.15) is 5.10 Å². The lowest BCUT2D eigenvalue weighted by molar-refractivity contribution is 0.0955. The van der Waals surface area contributed by atoms with Gasteiger partial charge in [0.05, 0.1) is 6.21 Å². The molecule has 1 N–H and O–H groups in total. The molecule has 0 aliphatic rings. The molecule has 0 aromatic heterocycles. The first-order valence-corrected chi connectivity index (χ1v) is 8.54. The molecule has 0 atom stereocenters. The van der Waals surface area contributed by atoms with Crippen LogP contribution in [0.1, 0.15) is 21.5 Å². The summed E-state index contributed by atoms with van der Waals surface area (Å²) in [4.78, 5) is 11.9. The van der Waals surface area contributed by atoms with E-state index in [4.69, 9.17) is 16.3 Å². The minimum atomic E-state index is -0.408. The van der Waals surface area contributed by atoms with Gasteiger partial charge in [-0.1, -0.05) is 23.7 Å². The minimum Gasteiger partial charge on any atom is -0.489 e. The Kier molecular flexibility index (Phi) is 6.18. The van der Waals surface area contributed by atoms with Gasteiger partial charge in [-0.15, -0.1) is 0 Å². The maximum atomic E-state index is 12.8. The summed E-state index contributed by atoms with van der Waals surface area (Å²) in [6.45, 7) is 0.443. The average molecular weight is 383 g/mol. The van der Waals surface area contributed by atoms with E-state index in [2.05, 4.69) is 10.5 Å². The molecule has 0 saturated heterocycles. The molecule has 0 saturated carbocycles. The number of ether oxygens (including phenoxy) is 1. The summed E-state index contributed by atoms with van der Waals surface area (Å²) >= 11 is 5.85. The Labute approximate surface area is 161 Å². The quantitative estimate of drug-likeness (QED) is 0.490. The molecule has 136 valence electrons. The predicted molar refractivity (Wildman–Crippen MR) is 104 cm³/mol. The third kappa shape index (κ3) is 5.66. The molecular weight excluding hydrogens is 367 g/mol. The number of carbonyl (C=O) groups excluding carboxylic acids is 1. The fraction of sp³-hybridized carbons (Fsp3) is 0.0476. The number of halogens is 2. The molecule has 0 spiro atoms. The van der Waals surface area contributed by atoms with Crippen molar-refractivity contribution >= 4 is 23.7 Å². The van der Waals surface area contributed by atoms with Crippen molar-refractivity contribution in [1.29, 1.82) is 0 Å². The maximum absolute atomic E-state index is 12.8. The topological polar surface area (TPSA) is 50.7 Å². The van der Waals surface area contributed by atoms with E-state index in [1.165, 1.54) is 30.5 Å². The fourth-order valence-corrected chi connectivity index (χ4v) is 2.35. The smallest absolute Gasteiger partial charge is 0.271 e. The summed E-state index contributed by atoms with van der Waals surface area (Å²) in [5.74, 6) is -0.0833. The fourth-order valence-electron chi connectivity index (χ4n) is 2.23. The van der Waals surface area contributed by atoms with Crippen molar-refractivity contribution in [2.75, 3.05) is 0 Å². The monoisotopic (exact) mass is 382 g/mol. The molecule has 0 unspecified atom stereocenters. The van der Waals surface area contributed by atoms with Crippen LogP contribution in [0.5, 0.6) is 5.75 Å². The van der Waals surface area contributed by atoms with Gasteiger partial charge in [0.25, 0.3) is 5.91 Å². The number of amides is 1. The normalized spacial score (nSPS) is 10.7. The van der Waals surface area contributed by atoms with E-state index in [9.17, 15) is 9.18 Å². The van der Waals surface area contributed by atoms with Crippen molar-refractivity contribution in [3.05, 3.63) is 100 Å². The van der Waals surface area contributed by atoms with Gasteiger partial charge >= 0.3 is 0 Å². The number of nitrogens with zero attached hydrogens (tertiary/aromatic N) is 1. The van der Waals surface area contributed by atoms with E-state index in [0.717, 1.165) is 16.9 Å². The van der Waals surface area contributed by atoms with Gasteiger partial charge in [0.15, 0.2) is 0 Å². The highest BCUT2D eigenvalue weighted by Gasteiger charge is 2.03. The van der Waals surface area contributed by atoms with Crippen molar-refractivity contribution in [3.8, 4) is 5.75 Å². The second-order valence-corrected chi connectivity index (χ2v) is 6.13. The van der Waals surface area contributed by atoms with Gasteiger partial charge in [0, 0.05) is 10.6 Å². The minimum absolute atomic E-state index is 0.333. The predicted octanol–water partition coefficient (Wildman–Crippen LogP) is 4.82. The number of benzene rings is 3. The molecular formula is C21H16ClFN2O2. The van der Waals surface area contributed by atoms with Crippen LogP contribution in [0.25, 0.3) is 0 Å². The number of rotatable bonds is 6. The molecule has 0 radical (unpaired) electrons. The molecule has 1 amide bonds. The Hall–Kier alpha value is -3.18. The first kappa shape index (κ1) is 18.6. The van der Waals surface area contributed by atoms with Crippen LogP contribution in [0, 0.1) is 5.82 Å². The average Bonchev–Trinajstić information content (AvgIpc) is 2.69. The zero-order chi connectivity index (χ0) is 19.1. The molecule has 27 heavy (non-hydrogen) atoms. The summed E-state index contributed by atoms with van der Waals surface area (Å²) < 4.78 is 18.6. The number of nitrogens with one attached hydrogen (secondary N) is 1. The van der Waals surface area contributed by atoms with Crippen LogP contribution in [0.15, 0.2) is 77.9 Å². The molecule has 4 nitrogen and oxygen atoms in total. The first-order valence-electron chi connectivity index (χ1n) is 8.16. The highest BCUT2D eigenvalue weighted by molar-refractivity contribution is 6.30. The lowest BCUT2D eigenvalue weighted by Crippen LogP contribution is -2.17. The molecule has 0 aliphatic carbocycles.